The maximum absolute atomic E-state index is 10.4. The number of hydrogen-bond donors (Lipinski definition) is 1. The highest BCUT2D eigenvalue weighted by molar-refractivity contribution is 5.63. The van der Waals surface area contributed by atoms with Crippen molar-refractivity contribution in [1.29, 1.82) is 0 Å². The summed E-state index contributed by atoms with van der Waals surface area (Å²) >= 11 is 0. The number of ether oxygens (including phenoxy) is 1. The Morgan fingerprint density at radius 2 is 1.31 bits per heavy atom. The van der Waals surface area contributed by atoms with Crippen molar-refractivity contribution in [3.05, 3.63) is 84.9 Å². The molecule has 3 aromatic carbocycles. The second kappa shape index (κ2) is 9.59. The summed E-state index contributed by atoms with van der Waals surface area (Å²) in [6.45, 7) is 4.83. The first-order valence-corrected chi connectivity index (χ1v) is 10.3. The molecule has 0 amide bonds. The lowest BCUT2D eigenvalue weighted by atomic mass is 10.1. The van der Waals surface area contributed by atoms with E-state index in [1.54, 1.807) is 0 Å². The van der Waals surface area contributed by atoms with E-state index in [1.165, 1.54) is 11.3 Å². The summed E-state index contributed by atoms with van der Waals surface area (Å²) in [6.07, 6.45) is -0.493. The first-order valence-electron chi connectivity index (χ1n) is 10.3. The normalized spacial score (nSPS) is 15.8. The van der Waals surface area contributed by atoms with E-state index in [-0.39, 0.29) is 0 Å². The van der Waals surface area contributed by atoms with Crippen LogP contribution in [0.5, 0.6) is 5.75 Å². The first-order chi connectivity index (χ1) is 14.3. The smallest absolute Gasteiger partial charge is 0.119 e. The van der Waals surface area contributed by atoms with E-state index in [9.17, 15) is 5.11 Å². The van der Waals surface area contributed by atoms with Gasteiger partial charge in [0.25, 0.3) is 0 Å². The summed E-state index contributed by atoms with van der Waals surface area (Å²) < 4.78 is 5.80. The Hall–Kier alpha value is -2.82. The van der Waals surface area contributed by atoms with Crippen LogP contribution in [-0.2, 0) is 0 Å². The third kappa shape index (κ3) is 5.37. The van der Waals surface area contributed by atoms with E-state index in [1.807, 2.05) is 36.4 Å². The number of nitrogens with zero attached hydrogens (tertiary/aromatic N) is 2. The molecule has 1 aliphatic rings. The molecular weight excluding hydrogens is 360 g/mol. The number of β-amino-alcohol motifs (C(OH)–C–C–N with tert-alkyl or cyclic N) is 1. The van der Waals surface area contributed by atoms with Crippen molar-refractivity contribution in [1.82, 2.24) is 4.90 Å². The summed E-state index contributed by atoms with van der Waals surface area (Å²) in [4.78, 5) is 4.71. The maximum Gasteiger partial charge on any atom is 0.119 e. The summed E-state index contributed by atoms with van der Waals surface area (Å²) in [5.74, 6) is 0.789. The molecule has 0 unspecified atom stereocenters. The number of para-hydroxylation sites is 1. The molecular formula is C25H28N2O2. The second-order valence-corrected chi connectivity index (χ2v) is 7.48. The van der Waals surface area contributed by atoms with E-state index in [0.717, 1.165) is 37.5 Å². The highest BCUT2D eigenvalue weighted by Gasteiger charge is 2.19. The highest BCUT2D eigenvalue weighted by Crippen LogP contribution is 2.22. The number of hydrogen-bond acceptors (Lipinski definition) is 4. The fourth-order valence-electron chi connectivity index (χ4n) is 3.74. The number of aliphatic hydroxyl groups is 1. The van der Waals surface area contributed by atoms with Crippen LogP contribution in [0.1, 0.15) is 0 Å². The number of piperazine rings is 1. The van der Waals surface area contributed by atoms with Crippen LogP contribution in [0.2, 0.25) is 0 Å². The van der Waals surface area contributed by atoms with Gasteiger partial charge in [-0.15, -0.1) is 0 Å². The fraction of sp³-hybridized carbons (Fsp3) is 0.280. The zero-order chi connectivity index (χ0) is 19.9. The molecule has 4 rings (SSSR count). The molecule has 3 aromatic rings. The lowest BCUT2D eigenvalue weighted by molar-refractivity contribution is 0.0663. The van der Waals surface area contributed by atoms with Crippen molar-refractivity contribution >= 4 is 5.69 Å². The van der Waals surface area contributed by atoms with Crippen molar-refractivity contribution in [3.63, 3.8) is 0 Å². The third-order valence-electron chi connectivity index (χ3n) is 5.37. The van der Waals surface area contributed by atoms with Gasteiger partial charge < -0.3 is 14.7 Å². The molecule has 0 saturated carbocycles. The Kier molecular flexibility index (Phi) is 6.45. The Bertz CT molecular complexity index is 860. The van der Waals surface area contributed by atoms with Gasteiger partial charge in [-0.3, -0.25) is 4.90 Å². The van der Waals surface area contributed by atoms with Crippen molar-refractivity contribution in [2.75, 3.05) is 44.2 Å². The molecule has 1 atom stereocenters. The molecule has 150 valence electrons. The Balaban J connectivity index is 1.21. The number of benzene rings is 3. The summed E-state index contributed by atoms with van der Waals surface area (Å²) in [5, 5.41) is 10.4. The minimum Gasteiger partial charge on any atom is -0.491 e. The summed E-state index contributed by atoms with van der Waals surface area (Å²) in [6, 6.07) is 28.8. The van der Waals surface area contributed by atoms with Gasteiger partial charge >= 0.3 is 0 Å². The van der Waals surface area contributed by atoms with Gasteiger partial charge in [-0.1, -0.05) is 60.7 Å². The molecule has 0 bridgehead atoms. The van der Waals surface area contributed by atoms with Crippen LogP contribution in [0.3, 0.4) is 0 Å². The minimum atomic E-state index is -0.493. The van der Waals surface area contributed by atoms with Gasteiger partial charge in [-0.05, 0) is 35.4 Å². The van der Waals surface area contributed by atoms with E-state index in [0.29, 0.717) is 13.2 Å². The molecule has 1 N–H and O–H groups in total. The molecule has 1 aliphatic heterocycles. The zero-order valence-electron chi connectivity index (χ0n) is 16.7. The van der Waals surface area contributed by atoms with Gasteiger partial charge in [0, 0.05) is 38.4 Å². The van der Waals surface area contributed by atoms with Crippen molar-refractivity contribution < 1.29 is 9.84 Å². The molecule has 4 nitrogen and oxygen atoms in total. The highest BCUT2D eigenvalue weighted by atomic mass is 16.5. The maximum atomic E-state index is 10.4. The van der Waals surface area contributed by atoms with Gasteiger partial charge in [-0.25, -0.2) is 0 Å². The molecule has 1 fully saturated rings. The molecule has 1 saturated heterocycles. The number of anilines is 1. The first kappa shape index (κ1) is 19.5. The van der Waals surface area contributed by atoms with Crippen molar-refractivity contribution in [3.8, 4) is 16.9 Å². The van der Waals surface area contributed by atoms with E-state index in [4.69, 9.17) is 4.74 Å². The standard InChI is InChI=1S/C25H28N2O2/c28-24(19-26-15-17-27(18-16-26)23-9-5-2-6-10-23)20-29-25-13-11-22(12-14-25)21-7-3-1-4-8-21/h1-14,24,28H,15-20H2/t24-/m1/s1. The largest absolute Gasteiger partial charge is 0.491 e. The van der Waals surface area contributed by atoms with Gasteiger partial charge in [-0.2, -0.15) is 0 Å². The number of aliphatic hydroxyl groups excluding tert-OH is 1. The van der Waals surface area contributed by atoms with Crippen molar-refractivity contribution in [2.24, 2.45) is 0 Å². The molecule has 1 heterocycles. The molecule has 0 spiro atoms. The zero-order valence-corrected chi connectivity index (χ0v) is 16.7. The molecule has 0 aromatic heterocycles. The van der Waals surface area contributed by atoms with Crippen molar-refractivity contribution in [2.45, 2.75) is 6.10 Å². The van der Waals surface area contributed by atoms with Crippen LogP contribution in [0.15, 0.2) is 84.9 Å². The van der Waals surface area contributed by atoms with Crippen LogP contribution in [0.25, 0.3) is 11.1 Å². The second-order valence-electron chi connectivity index (χ2n) is 7.48. The van der Waals surface area contributed by atoms with Gasteiger partial charge in [0.15, 0.2) is 0 Å². The van der Waals surface area contributed by atoms with Crippen LogP contribution in [-0.4, -0.2) is 55.4 Å². The summed E-state index contributed by atoms with van der Waals surface area (Å²) in [7, 11) is 0. The Morgan fingerprint density at radius 1 is 0.724 bits per heavy atom. The lowest BCUT2D eigenvalue weighted by Gasteiger charge is -2.36. The molecule has 0 radical (unpaired) electrons. The van der Waals surface area contributed by atoms with Gasteiger partial charge in [0.2, 0.25) is 0 Å². The minimum absolute atomic E-state index is 0.309. The fourth-order valence-corrected chi connectivity index (χ4v) is 3.74. The molecule has 29 heavy (non-hydrogen) atoms. The van der Waals surface area contributed by atoms with Crippen LogP contribution in [0, 0.1) is 0 Å². The predicted molar refractivity (Wildman–Crippen MR) is 118 cm³/mol. The van der Waals surface area contributed by atoms with Gasteiger partial charge in [0.1, 0.15) is 18.5 Å². The average molecular weight is 389 g/mol. The quantitative estimate of drug-likeness (QED) is 0.666. The Labute approximate surface area is 173 Å². The molecule has 0 aliphatic carbocycles. The molecule has 4 heteroatoms. The Morgan fingerprint density at radius 3 is 1.97 bits per heavy atom. The average Bonchev–Trinajstić information content (AvgIpc) is 2.80. The lowest BCUT2D eigenvalue weighted by Crippen LogP contribution is -2.49. The predicted octanol–water partition coefficient (Wildman–Crippen LogP) is 3.92. The number of rotatable bonds is 7. The summed E-state index contributed by atoms with van der Waals surface area (Å²) in [5.41, 5.74) is 3.62. The van der Waals surface area contributed by atoms with E-state index >= 15 is 0 Å². The van der Waals surface area contributed by atoms with Gasteiger partial charge in [0.05, 0.1) is 0 Å². The van der Waals surface area contributed by atoms with E-state index < -0.39 is 6.10 Å². The third-order valence-corrected chi connectivity index (χ3v) is 5.37. The van der Waals surface area contributed by atoms with Crippen LogP contribution in [0.4, 0.5) is 5.69 Å². The topological polar surface area (TPSA) is 35.9 Å². The monoisotopic (exact) mass is 388 g/mol. The SMILES string of the molecule is O[C@@H](COc1ccc(-c2ccccc2)cc1)CN1CCN(c2ccccc2)CC1. The van der Waals surface area contributed by atoms with Crippen LogP contribution >= 0.6 is 0 Å². The van der Waals surface area contributed by atoms with E-state index in [2.05, 4.69) is 58.3 Å². The van der Waals surface area contributed by atoms with Crippen LogP contribution < -0.4 is 9.64 Å².